The summed E-state index contributed by atoms with van der Waals surface area (Å²) in [6, 6.07) is 0.768. The van der Waals surface area contributed by atoms with Crippen LogP contribution in [0.25, 0.3) is 0 Å². The lowest BCUT2D eigenvalue weighted by Crippen LogP contribution is -2.48. The van der Waals surface area contributed by atoms with Gasteiger partial charge in [-0.2, -0.15) is 0 Å². The van der Waals surface area contributed by atoms with Gasteiger partial charge in [0.15, 0.2) is 0 Å². The highest BCUT2D eigenvalue weighted by Crippen LogP contribution is 2.33. The fraction of sp³-hybridized carbons (Fsp3) is 0.875. The predicted octanol–water partition coefficient (Wildman–Crippen LogP) is 1.49. The van der Waals surface area contributed by atoms with Gasteiger partial charge in [-0.15, -0.1) is 12.4 Å². The number of carbonyl (C=O) groups excluding carboxylic acids is 2. The van der Waals surface area contributed by atoms with E-state index in [0.29, 0.717) is 12.0 Å². The van der Waals surface area contributed by atoms with Crippen molar-refractivity contribution in [2.24, 2.45) is 17.6 Å². The van der Waals surface area contributed by atoms with Gasteiger partial charge in [-0.1, -0.05) is 12.8 Å². The molecule has 1 saturated heterocycles. The van der Waals surface area contributed by atoms with Crippen molar-refractivity contribution >= 4 is 24.2 Å². The molecule has 2 aliphatic carbocycles. The number of hydrogen-bond donors (Lipinski definition) is 3. The van der Waals surface area contributed by atoms with Crippen LogP contribution in [0, 0.1) is 11.8 Å². The first-order chi connectivity index (χ1) is 10.1. The Kier molecular flexibility index (Phi) is 6.09. The first kappa shape index (κ1) is 17.5. The first-order valence-corrected chi connectivity index (χ1v) is 8.49. The van der Waals surface area contributed by atoms with E-state index in [1.54, 1.807) is 0 Å². The smallest absolute Gasteiger partial charge is 0.237 e. The minimum Gasteiger partial charge on any atom is -0.369 e. The molecule has 0 spiro atoms. The Balaban J connectivity index is 0.00000176. The Morgan fingerprint density at radius 1 is 1.00 bits per heavy atom. The Morgan fingerprint density at radius 2 is 1.68 bits per heavy atom. The highest BCUT2D eigenvalue weighted by Gasteiger charge is 2.38. The van der Waals surface area contributed by atoms with Crippen molar-refractivity contribution in [3.8, 4) is 0 Å². The van der Waals surface area contributed by atoms with Gasteiger partial charge >= 0.3 is 0 Å². The average Bonchev–Trinajstić information content (AvgIpc) is 2.92. The van der Waals surface area contributed by atoms with Crippen molar-refractivity contribution in [2.45, 2.75) is 75.9 Å². The zero-order valence-electron chi connectivity index (χ0n) is 13.1. The molecular formula is C16H28ClN3O2. The van der Waals surface area contributed by atoms with Crippen LogP contribution in [0.1, 0.15) is 57.8 Å². The zero-order valence-corrected chi connectivity index (χ0v) is 13.9. The number of nitrogens with one attached hydrogen (secondary N) is 2. The van der Waals surface area contributed by atoms with Crippen LogP contribution >= 0.6 is 12.4 Å². The summed E-state index contributed by atoms with van der Waals surface area (Å²) in [5.74, 6) is 0.666. The lowest BCUT2D eigenvalue weighted by Gasteiger charge is -2.28. The number of rotatable bonds is 3. The molecule has 1 aliphatic heterocycles. The molecule has 3 fully saturated rings. The molecule has 3 aliphatic rings. The molecular weight excluding hydrogens is 302 g/mol. The molecule has 3 atom stereocenters. The van der Waals surface area contributed by atoms with Crippen LogP contribution in [0.3, 0.4) is 0 Å². The zero-order chi connectivity index (χ0) is 14.8. The van der Waals surface area contributed by atoms with Gasteiger partial charge < -0.3 is 16.4 Å². The van der Waals surface area contributed by atoms with Crippen molar-refractivity contribution in [3.63, 3.8) is 0 Å². The lowest BCUT2D eigenvalue weighted by atomic mass is 9.84. The first-order valence-electron chi connectivity index (χ1n) is 8.49. The summed E-state index contributed by atoms with van der Waals surface area (Å²) < 4.78 is 0. The maximum absolute atomic E-state index is 12.4. The molecule has 0 bridgehead atoms. The van der Waals surface area contributed by atoms with Gasteiger partial charge in [0.25, 0.3) is 0 Å². The Bertz CT molecular complexity index is 396. The summed E-state index contributed by atoms with van der Waals surface area (Å²) in [5.41, 5.74) is 5.34. The number of primary amides is 1. The van der Waals surface area contributed by atoms with E-state index in [1.807, 2.05) is 0 Å². The van der Waals surface area contributed by atoms with E-state index >= 15 is 0 Å². The summed E-state index contributed by atoms with van der Waals surface area (Å²) >= 11 is 0. The maximum atomic E-state index is 12.4. The van der Waals surface area contributed by atoms with Crippen LogP contribution in [0.15, 0.2) is 0 Å². The molecule has 0 radical (unpaired) electrons. The van der Waals surface area contributed by atoms with Crippen LogP contribution in [0.4, 0.5) is 0 Å². The third-order valence-corrected chi connectivity index (χ3v) is 5.66. The number of hydrogen-bond acceptors (Lipinski definition) is 3. The van der Waals surface area contributed by atoms with Crippen LogP contribution < -0.4 is 16.4 Å². The van der Waals surface area contributed by atoms with Gasteiger partial charge in [0, 0.05) is 18.0 Å². The topological polar surface area (TPSA) is 84.2 Å². The van der Waals surface area contributed by atoms with Crippen LogP contribution in [0.5, 0.6) is 0 Å². The largest absolute Gasteiger partial charge is 0.369 e. The van der Waals surface area contributed by atoms with Gasteiger partial charge in [0.1, 0.15) is 0 Å². The second-order valence-corrected chi connectivity index (χ2v) is 7.07. The van der Waals surface area contributed by atoms with Crippen molar-refractivity contribution in [1.29, 1.82) is 0 Å². The Hall–Kier alpha value is -0.810. The third kappa shape index (κ3) is 3.93. The van der Waals surface area contributed by atoms with Gasteiger partial charge in [-0.3, -0.25) is 9.59 Å². The number of fused-ring (bicyclic) bond motifs is 1. The second kappa shape index (κ2) is 7.64. The van der Waals surface area contributed by atoms with E-state index in [9.17, 15) is 9.59 Å². The van der Waals surface area contributed by atoms with Crippen LogP contribution in [0.2, 0.25) is 0 Å². The van der Waals surface area contributed by atoms with Gasteiger partial charge in [0.05, 0.1) is 6.04 Å². The Morgan fingerprint density at radius 3 is 2.32 bits per heavy atom. The average molecular weight is 330 g/mol. The van der Waals surface area contributed by atoms with Crippen LogP contribution in [-0.2, 0) is 9.59 Å². The molecule has 6 heteroatoms. The van der Waals surface area contributed by atoms with Gasteiger partial charge in [0.2, 0.25) is 11.8 Å². The molecule has 2 amide bonds. The minimum atomic E-state index is -0.193. The van der Waals surface area contributed by atoms with Gasteiger partial charge in [-0.05, 0) is 50.9 Å². The molecule has 0 aromatic heterocycles. The SMILES string of the molecule is Cl.NC(=O)C1CCC(NC(=O)C2CC3CCCCC3N2)CC1. The standard InChI is InChI=1S/C16H27N3O2.ClH/c17-15(20)10-5-7-12(8-6-10)18-16(21)14-9-11-3-1-2-4-13(11)19-14;/h10-14,19H,1-9H2,(H2,17,20)(H,18,21);1H. The van der Waals surface area contributed by atoms with E-state index in [1.165, 1.54) is 25.7 Å². The van der Waals surface area contributed by atoms with E-state index in [0.717, 1.165) is 32.1 Å². The molecule has 22 heavy (non-hydrogen) atoms. The summed E-state index contributed by atoms with van der Waals surface area (Å²) in [4.78, 5) is 23.6. The highest BCUT2D eigenvalue weighted by atomic mass is 35.5. The molecule has 0 aromatic rings. The van der Waals surface area contributed by atoms with Crippen molar-refractivity contribution in [2.75, 3.05) is 0 Å². The molecule has 0 aromatic carbocycles. The number of amides is 2. The Labute approximate surface area is 138 Å². The summed E-state index contributed by atoms with van der Waals surface area (Å²) in [7, 11) is 0. The highest BCUT2D eigenvalue weighted by molar-refractivity contribution is 5.85. The number of nitrogens with two attached hydrogens (primary N) is 1. The molecule has 5 nitrogen and oxygen atoms in total. The van der Waals surface area contributed by atoms with E-state index < -0.39 is 0 Å². The minimum absolute atomic E-state index is 0. The molecule has 3 rings (SSSR count). The van der Waals surface area contributed by atoms with Gasteiger partial charge in [-0.25, -0.2) is 0 Å². The molecule has 126 valence electrons. The van der Waals surface area contributed by atoms with E-state index in [2.05, 4.69) is 10.6 Å². The van der Waals surface area contributed by atoms with Crippen molar-refractivity contribution in [3.05, 3.63) is 0 Å². The second-order valence-electron chi connectivity index (χ2n) is 7.07. The predicted molar refractivity (Wildman–Crippen MR) is 87.6 cm³/mol. The quantitative estimate of drug-likeness (QED) is 0.733. The van der Waals surface area contributed by atoms with E-state index in [-0.39, 0.29) is 42.2 Å². The number of halogens is 1. The normalized spacial score (nSPS) is 37.7. The van der Waals surface area contributed by atoms with E-state index in [4.69, 9.17) is 5.73 Å². The molecule has 4 N–H and O–H groups in total. The number of carbonyl (C=O) groups is 2. The molecule has 2 saturated carbocycles. The fourth-order valence-electron chi connectivity index (χ4n) is 4.35. The lowest BCUT2D eigenvalue weighted by molar-refractivity contribution is -0.124. The summed E-state index contributed by atoms with van der Waals surface area (Å²) in [6.07, 6.45) is 9.45. The fourth-order valence-corrected chi connectivity index (χ4v) is 4.35. The molecule has 3 unspecified atom stereocenters. The monoisotopic (exact) mass is 329 g/mol. The van der Waals surface area contributed by atoms with Crippen molar-refractivity contribution in [1.82, 2.24) is 10.6 Å². The van der Waals surface area contributed by atoms with Crippen molar-refractivity contribution < 1.29 is 9.59 Å². The van der Waals surface area contributed by atoms with Crippen LogP contribution in [-0.4, -0.2) is 29.9 Å². The summed E-state index contributed by atoms with van der Waals surface area (Å²) in [5, 5.41) is 6.70. The third-order valence-electron chi connectivity index (χ3n) is 5.66. The summed E-state index contributed by atoms with van der Waals surface area (Å²) in [6.45, 7) is 0. The maximum Gasteiger partial charge on any atom is 0.237 e. The molecule has 1 heterocycles.